The van der Waals surface area contributed by atoms with Crippen LogP contribution in [0.15, 0.2) is 30.3 Å². The highest BCUT2D eigenvalue weighted by Gasteiger charge is 2.20. The molecule has 2 atom stereocenters. The van der Waals surface area contributed by atoms with E-state index in [2.05, 4.69) is 15.5 Å². The van der Waals surface area contributed by atoms with Crippen molar-refractivity contribution in [2.75, 3.05) is 41.9 Å². The second-order valence-electron chi connectivity index (χ2n) is 8.80. The van der Waals surface area contributed by atoms with Crippen LogP contribution in [0.1, 0.15) is 48.4 Å². The van der Waals surface area contributed by atoms with Crippen LogP contribution >= 0.6 is 0 Å². The number of amides is 2. The SMILES string of the molecule is CNC(=O)NC(C)Cc1cc(OC)c(OC)cc1C(=N)c1ccc(F)c(C(C)CCN(C)C)c1. The molecule has 2 amide bonds. The van der Waals surface area contributed by atoms with Gasteiger partial charge in [0.2, 0.25) is 0 Å². The van der Waals surface area contributed by atoms with Crippen molar-refractivity contribution in [2.45, 2.75) is 38.6 Å². The van der Waals surface area contributed by atoms with Gasteiger partial charge >= 0.3 is 6.03 Å². The van der Waals surface area contributed by atoms with Crippen LogP contribution in [0.5, 0.6) is 11.5 Å². The molecule has 2 rings (SSSR count). The van der Waals surface area contributed by atoms with Crippen LogP contribution < -0.4 is 20.1 Å². The Morgan fingerprint density at radius 3 is 2.35 bits per heavy atom. The lowest BCUT2D eigenvalue weighted by molar-refractivity contribution is 0.240. The summed E-state index contributed by atoms with van der Waals surface area (Å²) in [5.41, 5.74) is 2.93. The minimum atomic E-state index is -0.278. The first-order chi connectivity index (χ1) is 16.1. The molecule has 3 N–H and O–H groups in total. The summed E-state index contributed by atoms with van der Waals surface area (Å²) in [6, 6.07) is 7.95. The molecular weight excluding hydrogens is 435 g/mol. The molecule has 0 heterocycles. The molecule has 0 aliphatic carbocycles. The predicted octanol–water partition coefficient (Wildman–Crippen LogP) is 4.17. The van der Waals surface area contributed by atoms with Crippen molar-refractivity contribution in [2.24, 2.45) is 0 Å². The predicted molar refractivity (Wildman–Crippen MR) is 134 cm³/mol. The number of nitrogens with zero attached hydrogens (tertiary/aromatic N) is 1. The number of urea groups is 1. The van der Waals surface area contributed by atoms with Crippen LogP contribution in [0.4, 0.5) is 9.18 Å². The lowest BCUT2D eigenvalue weighted by atomic mass is 9.90. The van der Waals surface area contributed by atoms with Crippen LogP contribution in [-0.4, -0.2) is 64.6 Å². The zero-order valence-corrected chi connectivity index (χ0v) is 21.2. The summed E-state index contributed by atoms with van der Waals surface area (Å²) in [6.45, 7) is 4.74. The van der Waals surface area contributed by atoms with E-state index in [1.54, 1.807) is 39.5 Å². The molecule has 0 aliphatic rings. The minimum absolute atomic E-state index is 0.0109. The number of benzene rings is 2. The highest BCUT2D eigenvalue weighted by atomic mass is 19.1. The average molecular weight is 473 g/mol. The third-order valence-corrected chi connectivity index (χ3v) is 5.83. The first-order valence-corrected chi connectivity index (χ1v) is 11.4. The largest absolute Gasteiger partial charge is 0.493 e. The van der Waals surface area contributed by atoms with Gasteiger partial charge in [0, 0.05) is 24.2 Å². The van der Waals surface area contributed by atoms with E-state index in [0.29, 0.717) is 34.6 Å². The lowest BCUT2D eigenvalue weighted by Crippen LogP contribution is -2.40. The Hall–Kier alpha value is -3.13. The van der Waals surface area contributed by atoms with Crippen LogP contribution in [-0.2, 0) is 6.42 Å². The zero-order valence-electron chi connectivity index (χ0n) is 21.2. The van der Waals surface area contributed by atoms with Crippen molar-refractivity contribution in [3.8, 4) is 11.5 Å². The van der Waals surface area contributed by atoms with Gasteiger partial charge in [-0.1, -0.05) is 6.92 Å². The fourth-order valence-corrected chi connectivity index (χ4v) is 3.84. The van der Waals surface area contributed by atoms with Crippen molar-refractivity contribution in [1.82, 2.24) is 15.5 Å². The van der Waals surface area contributed by atoms with E-state index in [1.165, 1.54) is 6.07 Å². The van der Waals surface area contributed by atoms with E-state index in [1.807, 2.05) is 34.0 Å². The number of ether oxygens (including phenoxy) is 2. The number of nitrogens with one attached hydrogen (secondary N) is 3. The van der Waals surface area contributed by atoms with Gasteiger partial charge in [0.1, 0.15) is 5.82 Å². The quantitative estimate of drug-likeness (QED) is 0.429. The van der Waals surface area contributed by atoms with Gasteiger partial charge in [0.25, 0.3) is 0 Å². The summed E-state index contributed by atoms with van der Waals surface area (Å²) in [4.78, 5) is 13.8. The van der Waals surface area contributed by atoms with Crippen LogP contribution in [0.25, 0.3) is 0 Å². The van der Waals surface area contributed by atoms with Gasteiger partial charge in [0.05, 0.1) is 19.9 Å². The standard InChI is InChI=1S/C26H37FN4O3/c1-16(10-11-31(4)5)20-13-18(8-9-22(20)27)25(28)21-15-24(34-7)23(33-6)14-19(21)12-17(2)30-26(32)29-3/h8-9,13-17,28H,10-12H2,1-7H3,(H2,29,30,32). The Kier molecular flexibility index (Phi) is 9.86. The highest BCUT2D eigenvalue weighted by Crippen LogP contribution is 2.33. The van der Waals surface area contributed by atoms with Gasteiger partial charge in [0.15, 0.2) is 11.5 Å². The molecule has 0 aliphatic heterocycles. The van der Waals surface area contributed by atoms with Crippen molar-refractivity contribution < 1.29 is 18.7 Å². The average Bonchev–Trinajstić information content (AvgIpc) is 2.81. The second kappa shape index (κ2) is 12.4. The van der Waals surface area contributed by atoms with Crippen LogP contribution in [0, 0.1) is 11.2 Å². The summed E-state index contributed by atoms with van der Waals surface area (Å²) < 4.78 is 25.6. The second-order valence-corrected chi connectivity index (χ2v) is 8.80. The molecular formula is C26H37FN4O3. The maximum atomic E-state index is 14.7. The molecule has 0 fully saturated rings. The summed E-state index contributed by atoms with van der Waals surface area (Å²) in [6.07, 6.45) is 1.28. The van der Waals surface area contributed by atoms with E-state index in [-0.39, 0.29) is 29.5 Å². The van der Waals surface area contributed by atoms with Crippen LogP contribution in [0.3, 0.4) is 0 Å². The number of methoxy groups -OCH3 is 2. The summed E-state index contributed by atoms with van der Waals surface area (Å²) >= 11 is 0. The topological polar surface area (TPSA) is 86.7 Å². The maximum Gasteiger partial charge on any atom is 0.314 e. The van der Waals surface area contributed by atoms with E-state index in [4.69, 9.17) is 14.9 Å². The van der Waals surface area contributed by atoms with Crippen LogP contribution in [0.2, 0.25) is 0 Å². The Balaban J connectivity index is 2.47. The van der Waals surface area contributed by atoms with Gasteiger partial charge in [-0.15, -0.1) is 0 Å². The number of rotatable bonds is 11. The molecule has 7 nitrogen and oxygen atoms in total. The monoisotopic (exact) mass is 472 g/mol. The molecule has 2 unspecified atom stereocenters. The zero-order chi connectivity index (χ0) is 25.4. The Morgan fingerprint density at radius 2 is 1.76 bits per heavy atom. The Morgan fingerprint density at radius 1 is 1.12 bits per heavy atom. The lowest BCUT2D eigenvalue weighted by Gasteiger charge is -2.20. The first-order valence-electron chi connectivity index (χ1n) is 11.4. The minimum Gasteiger partial charge on any atom is -0.493 e. The van der Waals surface area contributed by atoms with Crippen molar-refractivity contribution in [1.29, 1.82) is 5.41 Å². The molecule has 34 heavy (non-hydrogen) atoms. The molecule has 186 valence electrons. The summed E-state index contributed by atoms with van der Waals surface area (Å²) in [5, 5.41) is 14.4. The number of carbonyl (C=O) groups excluding carboxylic acids is 1. The molecule has 0 spiro atoms. The smallest absolute Gasteiger partial charge is 0.314 e. The maximum absolute atomic E-state index is 14.7. The number of hydrogen-bond acceptors (Lipinski definition) is 5. The Labute approximate surface area is 202 Å². The van der Waals surface area contributed by atoms with Gasteiger partial charge < -0.3 is 25.0 Å². The van der Waals surface area contributed by atoms with Gasteiger partial charge in [-0.2, -0.15) is 0 Å². The molecule has 2 aromatic rings. The fraction of sp³-hybridized carbons (Fsp3) is 0.462. The molecule has 2 aromatic carbocycles. The third kappa shape index (κ3) is 6.93. The molecule has 0 bridgehead atoms. The first kappa shape index (κ1) is 27.1. The highest BCUT2D eigenvalue weighted by molar-refractivity contribution is 6.12. The van der Waals surface area contributed by atoms with Crippen molar-refractivity contribution in [3.05, 3.63) is 58.4 Å². The number of hydrogen-bond donors (Lipinski definition) is 3. The normalized spacial score (nSPS) is 12.7. The van der Waals surface area contributed by atoms with Gasteiger partial charge in [-0.05, 0) is 87.8 Å². The third-order valence-electron chi connectivity index (χ3n) is 5.83. The summed E-state index contributed by atoms with van der Waals surface area (Å²) in [5.74, 6) is 0.786. The fourth-order valence-electron chi connectivity index (χ4n) is 3.84. The van der Waals surface area contributed by atoms with Crippen molar-refractivity contribution in [3.63, 3.8) is 0 Å². The van der Waals surface area contributed by atoms with E-state index in [9.17, 15) is 9.18 Å². The van der Waals surface area contributed by atoms with Crippen molar-refractivity contribution >= 4 is 11.7 Å². The van der Waals surface area contributed by atoms with Gasteiger partial charge in [-0.25, -0.2) is 9.18 Å². The molecule has 0 radical (unpaired) electrons. The number of halogens is 1. The van der Waals surface area contributed by atoms with E-state index in [0.717, 1.165) is 18.5 Å². The summed E-state index contributed by atoms with van der Waals surface area (Å²) in [7, 11) is 8.65. The van der Waals surface area contributed by atoms with Gasteiger partial charge in [-0.3, -0.25) is 5.41 Å². The molecule has 0 saturated heterocycles. The van der Waals surface area contributed by atoms with E-state index >= 15 is 0 Å². The van der Waals surface area contributed by atoms with E-state index < -0.39 is 0 Å². The number of carbonyl (C=O) groups is 1. The molecule has 0 saturated carbocycles. The molecule has 0 aromatic heterocycles. The molecule has 8 heteroatoms. The Bertz CT molecular complexity index is 1010.